The Kier molecular flexibility index (Phi) is 4.60. The second-order valence-corrected chi connectivity index (χ2v) is 7.58. The van der Waals surface area contributed by atoms with Crippen LogP contribution in [0.3, 0.4) is 0 Å². The van der Waals surface area contributed by atoms with E-state index in [-0.39, 0.29) is 12.1 Å². The van der Waals surface area contributed by atoms with Crippen LogP contribution < -0.4 is 10.6 Å². The van der Waals surface area contributed by atoms with E-state index in [1.807, 2.05) is 11.0 Å². The van der Waals surface area contributed by atoms with Gasteiger partial charge in [-0.1, -0.05) is 18.2 Å². The van der Waals surface area contributed by atoms with Gasteiger partial charge >= 0.3 is 0 Å². The van der Waals surface area contributed by atoms with Gasteiger partial charge in [-0.25, -0.2) is 13.8 Å². The number of alkyl halides is 1. The van der Waals surface area contributed by atoms with Crippen molar-refractivity contribution in [1.29, 1.82) is 5.26 Å². The standard InChI is InChI=1S/C23H18F2N6/c24-17-5-2-6-20-21(17)30-23(29-20)16-10-28-9-15(14-4-1-3-13(7-14)8-26)22(16)31-11-18(25)19(27)12-31/h1-7,9-10,18-19H,11-12,27H2,(H,29,30). The van der Waals surface area contributed by atoms with Crippen molar-refractivity contribution in [2.75, 3.05) is 18.0 Å². The molecule has 3 N–H and O–H groups in total. The van der Waals surface area contributed by atoms with Crippen LogP contribution in [0.4, 0.5) is 14.5 Å². The van der Waals surface area contributed by atoms with E-state index in [4.69, 9.17) is 5.73 Å². The predicted octanol–water partition coefficient (Wildman–Crippen LogP) is 3.79. The highest BCUT2D eigenvalue weighted by Gasteiger charge is 2.33. The number of fused-ring (bicyclic) bond motifs is 1. The molecule has 0 aliphatic carbocycles. The molecule has 2 unspecified atom stereocenters. The van der Waals surface area contributed by atoms with Gasteiger partial charge in [-0.2, -0.15) is 5.26 Å². The van der Waals surface area contributed by atoms with Crippen LogP contribution in [0.5, 0.6) is 0 Å². The first-order chi connectivity index (χ1) is 15.0. The lowest BCUT2D eigenvalue weighted by Crippen LogP contribution is -2.30. The normalized spacial score (nSPS) is 18.5. The molecule has 0 amide bonds. The SMILES string of the molecule is N#Cc1cccc(-c2cncc(-c3nc4c(F)cccc4[nH]3)c2N2CC(N)C(F)C2)c1. The van der Waals surface area contributed by atoms with Gasteiger partial charge in [-0.15, -0.1) is 0 Å². The highest BCUT2D eigenvalue weighted by atomic mass is 19.1. The molecule has 8 heteroatoms. The Morgan fingerprint density at radius 1 is 1.13 bits per heavy atom. The average molecular weight is 416 g/mol. The van der Waals surface area contributed by atoms with E-state index in [2.05, 4.69) is 21.0 Å². The third-order valence-corrected chi connectivity index (χ3v) is 5.55. The van der Waals surface area contributed by atoms with Crippen LogP contribution in [0.1, 0.15) is 5.56 Å². The molecule has 3 heterocycles. The molecule has 5 rings (SSSR count). The topological polar surface area (TPSA) is 94.6 Å². The van der Waals surface area contributed by atoms with Gasteiger partial charge in [0.15, 0.2) is 5.82 Å². The molecule has 0 spiro atoms. The molecule has 2 aromatic heterocycles. The Hall–Kier alpha value is -3.83. The number of hydrogen-bond donors (Lipinski definition) is 2. The monoisotopic (exact) mass is 416 g/mol. The smallest absolute Gasteiger partial charge is 0.151 e. The molecule has 1 aliphatic heterocycles. The van der Waals surface area contributed by atoms with Gasteiger partial charge in [0, 0.05) is 24.5 Å². The van der Waals surface area contributed by atoms with Crippen LogP contribution in [-0.4, -0.2) is 40.3 Å². The Bertz CT molecular complexity index is 1320. The highest BCUT2D eigenvalue weighted by Crippen LogP contribution is 2.40. The molecule has 0 radical (unpaired) electrons. The molecule has 1 fully saturated rings. The minimum absolute atomic E-state index is 0.123. The summed E-state index contributed by atoms with van der Waals surface area (Å²) < 4.78 is 28.6. The van der Waals surface area contributed by atoms with Gasteiger partial charge in [-0.3, -0.25) is 4.98 Å². The van der Waals surface area contributed by atoms with Crippen molar-refractivity contribution in [2.45, 2.75) is 12.2 Å². The van der Waals surface area contributed by atoms with Crippen molar-refractivity contribution < 1.29 is 8.78 Å². The molecule has 0 bridgehead atoms. The number of halogens is 2. The quantitative estimate of drug-likeness (QED) is 0.530. The summed E-state index contributed by atoms with van der Waals surface area (Å²) in [5, 5.41) is 9.31. The van der Waals surface area contributed by atoms with E-state index in [1.54, 1.807) is 42.7 Å². The predicted molar refractivity (Wildman–Crippen MR) is 115 cm³/mol. The van der Waals surface area contributed by atoms with E-state index in [1.165, 1.54) is 6.07 Å². The first-order valence-corrected chi connectivity index (χ1v) is 9.83. The lowest BCUT2D eigenvalue weighted by Gasteiger charge is -2.24. The van der Waals surface area contributed by atoms with Crippen molar-refractivity contribution in [3.8, 4) is 28.6 Å². The number of hydrogen-bond acceptors (Lipinski definition) is 5. The fourth-order valence-corrected chi connectivity index (χ4v) is 4.03. The Morgan fingerprint density at radius 2 is 1.94 bits per heavy atom. The number of benzene rings is 2. The summed E-state index contributed by atoms with van der Waals surface area (Å²) in [4.78, 5) is 13.8. The van der Waals surface area contributed by atoms with E-state index >= 15 is 0 Å². The van der Waals surface area contributed by atoms with Crippen LogP contribution in [0.25, 0.3) is 33.5 Å². The van der Waals surface area contributed by atoms with E-state index in [0.29, 0.717) is 34.7 Å². The third kappa shape index (κ3) is 3.29. The fourth-order valence-electron chi connectivity index (χ4n) is 4.03. The molecule has 4 aromatic rings. The number of imidazole rings is 1. The summed E-state index contributed by atoms with van der Waals surface area (Å²) in [5.41, 5.74) is 10.0. The number of rotatable bonds is 3. The van der Waals surface area contributed by atoms with Crippen LogP contribution in [0.15, 0.2) is 54.9 Å². The molecule has 1 aliphatic rings. The summed E-state index contributed by atoms with van der Waals surface area (Å²) in [7, 11) is 0. The molecule has 2 atom stereocenters. The maximum atomic E-state index is 14.4. The zero-order valence-corrected chi connectivity index (χ0v) is 16.4. The van der Waals surface area contributed by atoms with Crippen LogP contribution in [0, 0.1) is 17.1 Å². The van der Waals surface area contributed by atoms with Crippen molar-refractivity contribution in [2.24, 2.45) is 5.73 Å². The Labute approximate surface area is 177 Å². The summed E-state index contributed by atoms with van der Waals surface area (Å²) in [6, 6.07) is 13.3. The minimum atomic E-state index is -1.17. The number of nitrogens with one attached hydrogen (secondary N) is 1. The molecular weight excluding hydrogens is 398 g/mol. The number of anilines is 1. The van der Waals surface area contributed by atoms with Gasteiger partial charge in [0.1, 0.15) is 17.5 Å². The first kappa shape index (κ1) is 19.2. The molecule has 0 saturated carbocycles. The maximum Gasteiger partial charge on any atom is 0.151 e. The Balaban J connectivity index is 1.74. The lowest BCUT2D eigenvalue weighted by atomic mass is 10.00. The van der Waals surface area contributed by atoms with Gasteiger partial charge in [0.25, 0.3) is 0 Å². The summed E-state index contributed by atoms with van der Waals surface area (Å²) in [5.74, 6) is -0.00355. The van der Waals surface area contributed by atoms with Crippen molar-refractivity contribution in [1.82, 2.24) is 15.0 Å². The van der Waals surface area contributed by atoms with Crippen LogP contribution in [0.2, 0.25) is 0 Å². The summed E-state index contributed by atoms with van der Waals surface area (Å²) in [6.45, 7) is 0.440. The molecule has 31 heavy (non-hydrogen) atoms. The molecular formula is C23H18F2N6. The number of pyridine rings is 1. The zero-order valence-electron chi connectivity index (χ0n) is 16.4. The fraction of sp³-hybridized carbons (Fsp3) is 0.174. The second kappa shape index (κ2) is 7.45. The first-order valence-electron chi connectivity index (χ1n) is 9.83. The lowest BCUT2D eigenvalue weighted by molar-refractivity contribution is 0.333. The Morgan fingerprint density at radius 3 is 2.68 bits per heavy atom. The van der Waals surface area contributed by atoms with E-state index in [0.717, 1.165) is 11.1 Å². The van der Waals surface area contributed by atoms with E-state index in [9.17, 15) is 14.0 Å². The van der Waals surface area contributed by atoms with Crippen molar-refractivity contribution in [3.05, 3.63) is 66.2 Å². The summed E-state index contributed by atoms with van der Waals surface area (Å²) in [6.07, 6.45) is 2.13. The van der Waals surface area contributed by atoms with Crippen molar-refractivity contribution in [3.63, 3.8) is 0 Å². The molecule has 2 aromatic carbocycles. The molecule has 154 valence electrons. The third-order valence-electron chi connectivity index (χ3n) is 5.55. The van der Waals surface area contributed by atoms with Gasteiger partial charge in [0.2, 0.25) is 0 Å². The molecule has 1 saturated heterocycles. The number of aromatic amines is 1. The van der Waals surface area contributed by atoms with E-state index < -0.39 is 18.0 Å². The van der Waals surface area contributed by atoms with Gasteiger partial charge in [-0.05, 0) is 29.8 Å². The number of aromatic nitrogens is 3. The van der Waals surface area contributed by atoms with Crippen molar-refractivity contribution >= 4 is 16.7 Å². The zero-order chi connectivity index (χ0) is 21.5. The largest absolute Gasteiger partial charge is 0.366 e. The number of nitrogens with zero attached hydrogens (tertiary/aromatic N) is 4. The highest BCUT2D eigenvalue weighted by molar-refractivity contribution is 5.91. The average Bonchev–Trinajstić information content (AvgIpc) is 3.37. The van der Waals surface area contributed by atoms with Crippen LogP contribution in [-0.2, 0) is 0 Å². The number of H-pyrrole nitrogens is 1. The summed E-state index contributed by atoms with van der Waals surface area (Å²) >= 11 is 0. The number of nitrogens with two attached hydrogens (primary N) is 1. The number of para-hydroxylation sites is 1. The van der Waals surface area contributed by atoms with Gasteiger partial charge in [0.05, 0.1) is 41.0 Å². The maximum absolute atomic E-state index is 14.4. The molecule has 6 nitrogen and oxygen atoms in total. The van der Waals surface area contributed by atoms with Gasteiger partial charge < -0.3 is 15.6 Å². The second-order valence-electron chi connectivity index (χ2n) is 7.58. The minimum Gasteiger partial charge on any atom is -0.366 e. The van der Waals surface area contributed by atoms with Crippen LogP contribution >= 0.6 is 0 Å². The number of nitriles is 1.